The van der Waals surface area contributed by atoms with Crippen molar-refractivity contribution < 1.29 is 9.47 Å². The number of aromatic nitrogens is 2. The lowest BCUT2D eigenvalue weighted by atomic mass is 10.2. The highest BCUT2D eigenvalue weighted by Gasteiger charge is 2.13. The predicted molar refractivity (Wildman–Crippen MR) is 90.3 cm³/mol. The number of hydrazine groups is 1. The minimum absolute atomic E-state index is 0.270. The van der Waals surface area contributed by atoms with Crippen molar-refractivity contribution >= 4 is 23.3 Å². The average molecular weight is 331 g/mol. The summed E-state index contributed by atoms with van der Waals surface area (Å²) >= 11 is 5.22. The Bertz CT molecular complexity index is 718. The zero-order valence-corrected chi connectivity index (χ0v) is 13.7. The van der Waals surface area contributed by atoms with Gasteiger partial charge in [-0.2, -0.15) is 0 Å². The first kappa shape index (κ1) is 15.3. The molecule has 1 aliphatic rings. The maximum absolute atomic E-state index is 5.35. The molecule has 0 radical (unpaired) electrons. The lowest BCUT2D eigenvalue weighted by molar-refractivity contribution is 0.174. The highest BCUT2D eigenvalue weighted by atomic mass is 32.1. The van der Waals surface area contributed by atoms with Gasteiger partial charge in [-0.15, -0.1) is 0 Å². The summed E-state index contributed by atoms with van der Waals surface area (Å²) in [7, 11) is 0. The van der Waals surface area contributed by atoms with Crippen molar-refractivity contribution in [1.29, 1.82) is 0 Å². The second-order valence-electron chi connectivity index (χ2n) is 5.09. The first-order chi connectivity index (χ1) is 11.1. The molecule has 0 amide bonds. The van der Waals surface area contributed by atoms with Crippen LogP contribution in [0.15, 0.2) is 24.3 Å². The van der Waals surface area contributed by atoms with Gasteiger partial charge in [-0.3, -0.25) is 10.9 Å². The minimum Gasteiger partial charge on any atom is -0.454 e. The molecular weight excluding hydrogens is 314 g/mol. The Morgan fingerprint density at radius 1 is 1.13 bits per heavy atom. The minimum atomic E-state index is 0.270. The zero-order chi connectivity index (χ0) is 16.2. The smallest absolute Gasteiger partial charge is 0.242 e. The van der Waals surface area contributed by atoms with Crippen molar-refractivity contribution in [3.63, 3.8) is 0 Å². The van der Waals surface area contributed by atoms with Gasteiger partial charge in [0.25, 0.3) is 0 Å². The van der Waals surface area contributed by atoms with Crippen LogP contribution in [-0.2, 0) is 6.54 Å². The number of anilines is 1. The number of thiocarbonyl (C=S) groups is 1. The molecule has 2 heterocycles. The van der Waals surface area contributed by atoms with Gasteiger partial charge in [0.15, 0.2) is 16.6 Å². The third kappa shape index (κ3) is 3.98. The summed E-state index contributed by atoms with van der Waals surface area (Å²) in [6.07, 6.45) is 0. The fourth-order valence-corrected chi connectivity index (χ4v) is 2.30. The Hall–Kier alpha value is -2.61. The summed E-state index contributed by atoms with van der Waals surface area (Å²) in [6.45, 7) is 4.66. The molecule has 0 saturated carbocycles. The lowest BCUT2D eigenvalue weighted by Gasteiger charge is -2.12. The van der Waals surface area contributed by atoms with E-state index < -0.39 is 0 Å². The Labute approximate surface area is 139 Å². The van der Waals surface area contributed by atoms with Crippen LogP contribution in [0.5, 0.6) is 11.5 Å². The molecule has 2 aromatic rings. The summed E-state index contributed by atoms with van der Waals surface area (Å²) in [5.74, 6) is 2.00. The van der Waals surface area contributed by atoms with Gasteiger partial charge in [0, 0.05) is 17.9 Å². The van der Waals surface area contributed by atoms with E-state index in [9.17, 15) is 0 Å². The van der Waals surface area contributed by atoms with Crippen LogP contribution in [0.1, 0.15) is 17.0 Å². The van der Waals surface area contributed by atoms with E-state index in [0.717, 1.165) is 28.5 Å². The van der Waals surface area contributed by atoms with E-state index in [0.29, 0.717) is 17.6 Å². The van der Waals surface area contributed by atoms with Crippen LogP contribution in [0.2, 0.25) is 0 Å². The Kier molecular flexibility index (Phi) is 4.42. The molecule has 1 aromatic carbocycles. The number of nitrogens with one attached hydrogen (secondary N) is 3. The number of rotatable bonds is 4. The molecule has 23 heavy (non-hydrogen) atoms. The van der Waals surface area contributed by atoms with Gasteiger partial charge in [0.05, 0.1) is 0 Å². The van der Waals surface area contributed by atoms with Crippen LogP contribution in [-0.4, -0.2) is 21.9 Å². The second kappa shape index (κ2) is 6.66. The standard InChI is InChI=1S/C15H17N5O2S/c1-9-5-10(2)18-14(17-9)19-20-15(23)16-7-11-3-4-12-13(6-11)22-8-21-12/h3-6H,7-8H2,1-2H3,(H2,16,20,23)(H,17,18,19). The van der Waals surface area contributed by atoms with Crippen LogP contribution in [0, 0.1) is 13.8 Å². The number of ether oxygens (including phenoxy) is 2. The molecule has 0 unspecified atom stereocenters. The lowest BCUT2D eigenvalue weighted by Crippen LogP contribution is -2.38. The molecule has 0 atom stereocenters. The fraction of sp³-hybridized carbons (Fsp3) is 0.267. The first-order valence-electron chi connectivity index (χ1n) is 7.11. The number of hydrogen-bond donors (Lipinski definition) is 3. The Morgan fingerprint density at radius 2 is 1.87 bits per heavy atom. The molecule has 0 spiro atoms. The predicted octanol–water partition coefficient (Wildman–Crippen LogP) is 1.81. The van der Waals surface area contributed by atoms with E-state index in [2.05, 4.69) is 26.1 Å². The van der Waals surface area contributed by atoms with Crippen LogP contribution in [0.4, 0.5) is 5.95 Å². The van der Waals surface area contributed by atoms with Crippen molar-refractivity contribution in [2.75, 3.05) is 12.2 Å². The molecule has 0 saturated heterocycles. The van der Waals surface area contributed by atoms with E-state index in [-0.39, 0.29) is 6.79 Å². The highest BCUT2D eigenvalue weighted by Crippen LogP contribution is 2.32. The molecule has 3 N–H and O–H groups in total. The third-order valence-corrected chi connectivity index (χ3v) is 3.41. The van der Waals surface area contributed by atoms with E-state index in [1.807, 2.05) is 38.1 Å². The summed E-state index contributed by atoms with van der Waals surface area (Å²) in [6, 6.07) is 7.68. The number of benzene rings is 1. The molecule has 7 nitrogen and oxygen atoms in total. The van der Waals surface area contributed by atoms with Crippen molar-refractivity contribution in [3.05, 3.63) is 41.2 Å². The fourth-order valence-electron chi connectivity index (χ4n) is 2.17. The van der Waals surface area contributed by atoms with Gasteiger partial charge >= 0.3 is 0 Å². The van der Waals surface area contributed by atoms with Gasteiger partial charge < -0.3 is 14.8 Å². The van der Waals surface area contributed by atoms with E-state index >= 15 is 0 Å². The van der Waals surface area contributed by atoms with Gasteiger partial charge in [-0.05, 0) is 49.8 Å². The van der Waals surface area contributed by atoms with Crippen LogP contribution >= 0.6 is 12.2 Å². The van der Waals surface area contributed by atoms with Crippen molar-refractivity contribution in [1.82, 2.24) is 20.7 Å². The molecule has 120 valence electrons. The van der Waals surface area contributed by atoms with E-state index in [1.54, 1.807) is 0 Å². The van der Waals surface area contributed by atoms with E-state index in [1.165, 1.54) is 0 Å². The summed E-state index contributed by atoms with van der Waals surface area (Å²) in [5, 5.41) is 3.54. The molecule has 0 bridgehead atoms. The van der Waals surface area contributed by atoms with Gasteiger partial charge in [-0.25, -0.2) is 9.97 Å². The van der Waals surface area contributed by atoms with Crippen molar-refractivity contribution in [2.24, 2.45) is 0 Å². The van der Waals surface area contributed by atoms with E-state index in [4.69, 9.17) is 21.7 Å². The van der Waals surface area contributed by atoms with Crippen LogP contribution in [0.25, 0.3) is 0 Å². The molecule has 0 aliphatic carbocycles. The van der Waals surface area contributed by atoms with Crippen LogP contribution < -0.4 is 25.6 Å². The van der Waals surface area contributed by atoms with Crippen LogP contribution in [0.3, 0.4) is 0 Å². The van der Waals surface area contributed by atoms with Crippen molar-refractivity contribution in [2.45, 2.75) is 20.4 Å². The third-order valence-electron chi connectivity index (χ3n) is 3.16. The number of nitrogens with zero attached hydrogens (tertiary/aromatic N) is 2. The zero-order valence-electron chi connectivity index (χ0n) is 12.8. The average Bonchev–Trinajstić information content (AvgIpc) is 2.97. The van der Waals surface area contributed by atoms with Crippen molar-refractivity contribution in [3.8, 4) is 11.5 Å². The largest absolute Gasteiger partial charge is 0.454 e. The normalized spacial score (nSPS) is 11.9. The molecule has 8 heteroatoms. The summed E-state index contributed by atoms with van der Waals surface area (Å²) in [4.78, 5) is 8.52. The molecule has 1 aliphatic heterocycles. The Morgan fingerprint density at radius 3 is 2.65 bits per heavy atom. The highest BCUT2D eigenvalue weighted by molar-refractivity contribution is 7.80. The molecule has 0 fully saturated rings. The Balaban J connectivity index is 1.49. The maximum atomic E-state index is 5.35. The maximum Gasteiger partial charge on any atom is 0.242 e. The molecule has 3 rings (SSSR count). The summed E-state index contributed by atoms with van der Waals surface area (Å²) in [5.41, 5.74) is 8.57. The topological polar surface area (TPSA) is 80.3 Å². The number of fused-ring (bicyclic) bond motifs is 1. The first-order valence-corrected chi connectivity index (χ1v) is 7.51. The second-order valence-corrected chi connectivity index (χ2v) is 5.50. The van der Waals surface area contributed by atoms with Gasteiger partial charge in [0.1, 0.15) is 0 Å². The monoisotopic (exact) mass is 331 g/mol. The van der Waals surface area contributed by atoms with Gasteiger partial charge in [-0.1, -0.05) is 6.07 Å². The quantitative estimate of drug-likeness (QED) is 0.578. The number of hydrogen-bond acceptors (Lipinski definition) is 6. The SMILES string of the molecule is Cc1cc(C)nc(NNC(=S)NCc2ccc3c(c2)OCO3)n1. The molecule has 1 aromatic heterocycles. The van der Waals surface area contributed by atoms with Gasteiger partial charge in [0.2, 0.25) is 12.7 Å². The molecular formula is C15H17N5O2S. The summed E-state index contributed by atoms with van der Waals surface area (Å²) < 4.78 is 10.6. The number of aryl methyl sites for hydroxylation is 2.